The smallest absolute Gasteiger partial charge is 0.308 e. The molecule has 0 spiro atoms. The number of urea groups is 1. The Morgan fingerprint density at radius 1 is 1.20 bits per heavy atom. The Hall–Kier alpha value is -2.32. The quantitative estimate of drug-likeness (QED) is 0.863. The minimum atomic E-state index is -0.346. The predicted molar refractivity (Wildman–Crippen MR) is 82.7 cm³/mol. The Balaban J connectivity index is 2.09. The number of benzene rings is 2. The fourth-order valence-electron chi connectivity index (χ4n) is 1.68. The van der Waals surface area contributed by atoms with Crippen molar-refractivity contribution in [2.45, 2.75) is 6.92 Å². The van der Waals surface area contributed by atoms with Crippen LogP contribution in [0.1, 0.15) is 11.1 Å². The molecule has 0 fully saturated rings. The normalized spacial score (nSPS) is 9.65. The van der Waals surface area contributed by atoms with Gasteiger partial charge in [-0.1, -0.05) is 28.1 Å². The fraction of sp³-hybridized carbons (Fsp3) is 0.0667. The highest BCUT2D eigenvalue weighted by molar-refractivity contribution is 9.10. The maximum Gasteiger partial charge on any atom is 0.323 e. The molecule has 0 radical (unpaired) electrons. The first-order valence-electron chi connectivity index (χ1n) is 5.93. The first kappa shape index (κ1) is 14.1. The lowest BCUT2D eigenvalue weighted by molar-refractivity contribution is 0.262. The SMILES string of the molecule is Cc1ccc(Br)cc1NC(=O)Nc1cccc(C#N)c1. The Labute approximate surface area is 125 Å². The van der Waals surface area contributed by atoms with Gasteiger partial charge in [0.1, 0.15) is 0 Å². The molecule has 0 saturated carbocycles. The lowest BCUT2D eigenvalue weighted by Crippen LogP contribution is -2.20. The first-order chi connectivity index (χ1) is 9.58. The Morgan fingerprint density at radius 2 is 2.00 bits per heavy atom. The lowest BCUT2D eigenvalue weighted by atomic mass is 10.2. The molecule has 0 unspecified atom stereocenters. The summed E-state index contributed by atoms with van der Waals surface area (Å²) in [5.41, 5.74) is 2.78. The van der Waals surface area contributed by atoms with Crippen molar-refractivity contribution < 1.29 is 4.79 Å². The first-order valence-corrected chi connectivity index (χ1v) is 6.72. The number of rotatable bonds is 2. The van der Waals surface area contributed by atoms with E-state index in [0.29, 0.717) is 11.3 Å². The summed E-state index contributed by atoms with van der Waals surface area (Å²) in [5.74, 6) is 0. The minimum Gasteiger partial charge on any atom is -0.308 e. The van der Waals surface area contributed by atoms with Crippen LogP contribution in [0, 0.1) is 18.3 Å². The highest BCUT2D eigenvalue weighted by Gasteiger charge is 2.06. The van der Waals surface area contributed by atoms with Crippen molar-refractivity contribution in [2.75, 3.05) is 10.6 Å². The van der Waals surface area contributed by atoms with Gasteiger partial charge in [-0.05, 0) is 42.8 Å². The summed E-state index contributed by atoms with van der Waals surface area (Å²) in [6, 6.07) is 14.1. The molecule has 0 atom stereocenters. The van der Waals surface area contributed by atoms with E-state index in [4.69, 9.17) is 5.26 Å². The van der Waals surface area contributed by atoms with Gasteiger partial charge >= 0.3 is 6.03 Å². The molecule has 2 rings (SSSR count). The van der Waals surface area contributed by atoms with Crippen molar-refractivity contribution in [3.05, 3.63) is 58.1 Å². The van der Waals surface area contributed by atoms with Crippen LogP contribution in [0.3, 0.4) is 0 Å². The maximum absolute atomic E-state index is 11.9. The van der Waals surface area contributed by atoms with Gasteiger partial charge in [0, 0.05) is 15.8 Å². The zero-order valence-corrected chi connectivity index (χ0v) is 12.4. The van der Waals surface area contributed by atoms with Gasteiger partial charge in [0.25, 0.3) is 0 Å². The minimum absolute atomic E-state index is 0.346. The molecular formula is C15H12BrN3O. The Kier molecular flexibility index (Phi) is 4.38. The maximum atomic E-state index is 11.9. The number of carbonyl (C=O) groups excluding carboxylic acids is 1. The van der Waals surface area contributed by atoms with E-state index in [2.05, 4.69) is 26.6 Å². The van der Waals surface area contributed by atoms with Gasteiger partial charge in [0.05, 0.1) is 11.6 Å². The van der Waals surface area contributed by atoms with E-state index >= 15 is 0 Å². The van der Waals surface area contributed by atoms with Gasteiger partial charge < -0.3 is 10.6 Å². The van der Waals surface area contributed by atoms with E-state index in [1.165, 1.54) is 0 Å². The molecule has 0 aliphatic heterocycles. The number of halogens is 1. The van der Waals surface area contributed by atoms with Crippen LogP contribution < -0.4 is 10.6 Å². The largest absolute Gasteiger partial charge is 0.323 e. The molecule has 20 heavy (non-hydrogen) atoms. The number of anilines is 2. The Morgan fingerprint density at radius 3 is 2.75 bits per heavy atom. The van der Waals surface area contributed by atoms with Crippen molar-refractivity contribution >= 4 is 33.3 Å². The van der Waals surface area contributed by atoms with E-state index in [-0.39, 0.29) is 6.03 Å². The Bertz CT molecular complexity index is 692. The van der Waals surface area contributed by atoms with Crippen LogP contribution in [0.2, 0.25) is 0 Å². The van der Waals surface area contributed by atoms with Gasteiger partial charge in [0.15, 0.2) is 0 Å². The average Bonchev–Trinajstić information content (AvgIpc) is 2.43. The average molecular weight is 330 g/mol. The lowest BCUT2D eigenvalue weighted by Gasteiger charge is -2.10. The van der Waals surface area contributed by atoms with E-state index < -0.39 is 0 Å². The molecule has 0 saturated heterocycles. The van der Waals surface area contributed by atoms with Crippen LogP contribution in [0.4, 0.5) is 16.2 Å². The van der Waals surface area contributed by atoms with Crippen molar-refractivity contribution in [3.63, 3.8) is 0 Å². The summed E-state index contributed by atoms with van der Waals surface area (Å²) >= 11 is 3.36. The highest BCUT2D eigenvalue weighted by atomic mass is 79.9. The summed E-state index contributed by atoms with van der Waals surface area (Å²) in [4.78, 5) is 11.9. The molecule has 0 bridgehead atoms. The van der Waals surface area contributed by atoms with Crippen LogP contribution in [-0.4, -0.2) is 6.03 Å². The standard InChI is InChI=1S/C15H12BrN3O/c1-10-5-6-12(16)8-14(10)19-15(20)18-13-4-2-3-11(7-13)9-17/h2-8H,1H3,(H2,18,19,20). The summed E-state index contributed by atoms with van der Waals surface area (Å²) in [6.07, 6.45) is 0. The third kappa shape index (κ3) is 3.59. The third-order valence-corrected chi connectivity index (χ3v) is 3.19. The molecule has 0 heterocycles. The number of aryl methyl sites for hydroxylation is 1. The molecule has 5 heteroatoms. The van der Waals surface area contributed by atoms with E-state index in [1.807, 2.05) is 31.2 Å². The second-order valence-corrected chi connectivity index (χ2v) is 5.15. The predicted octanol–water partition coefficient (Wildman–Crippen LogP) is 4.27. The summed E-state index contributed by atoms with van der Waals surface area (Å²) in [6.45, 7) is 1.92. The molecule has 4 nitrogen and oxygen atoms in total. The molecule has 0 aliphatic rings. The van der Waals surface area contributed by atoms with Crippen molar-refractivity contribution in [3.8, 4) is 6.07 Å². The molecule has 2 N–H and O–H groups in total. The van der Waals surface area contributed by atoms with E-state index in [1.54, 1.807) is 24.3 Å². The van der Waals surface area contributed by atoms with Crippen molar-refractivity contribution in [2.24, 2.45) is 0 Å². The number of nitriles is 1. The number of nitrogens with zero attached hydrogens (tertiary/aromatic N) is 1. The monoisotopic (exact) mass is 329 g/mol. The second-order valence-electron chi connectivity index (χ2n) is 4.23. The molecule has 100 valence electrons. The zero-order valence-electron chi connectivity index (χ0n) is 10.8. The van der Waals surface area contributed by atoms with Crippen LogP contribution in [-0.2, 0) is 0 Å². The van der Waals surface area contributed by atoms with Gasteiger partial charge in [-0.15, -0.1) is 0 Å². The zero-order chi connectivity index (χ0) is 14.5. The molecule has 2 aromatic rings. The number of amides is 2. The van der Waals surface area contributed by atoms with Crippen LogP contribution in [0.5, 0.6) is 0 Å². The van der Waals surface area contributed by atoms with Crippen molar-refractivity contribution in [1.82, 2.24) is 0 Å². The molecule has 2 amide bonds. The molecule has 0 aliphatic carbocycles. The fourth-order valence-corrected chi connectivity index (χ4v) is 2.04. The molecule has 2 aromatic carbocycles. The van der Waals surface area contributed by atoms with Crippen LogP contribution in [0.25, 0.3) is 0 Å². The van der Waals surface area contributed by atoms with Gasteiger partial charge in [-0.2, -0.15) is 5.26 Å². The number of hydrogen-bond donors (Lipinski definition) is 2. The van der Waals surface area contributed by atoms with Gasteiger partial charge in [-0.25, -0.2) is 4.79 Å². The topological polar surface area (TPSA) is 64.9 Å². The van der Waals surface area contributed by atoms with Crippen LogP contribution in [0.15, 0.2) is 46.9 Å². The summed E-state index contributed by atoms with van der Waals surface area (Å²) < 4.78 is 0.893. The summed E-state index contributed by atoms with van der Waals surface area (Å²) in [5, 5.41) is 14.3. The summed E-state index contributed by atoms with van der Waals surface area (Å²) in [7, 11) is 0. The number of nitrogens with one attached hydrogen (secondary N) is 2. The molecule has 0 aromatic heterocycles. The van der Waals surface area contributed by atoms with Gasteiger partial charge in [0.2, 0.25) is 0 Å². The van der Waals surface area contributed by atoms with Crippen molar-refractivity contribution in [1.29, 1.82) is 5.26 Å². The van der Waals surface area contributed by atoms with Crippen LogP contribution >= 0.6 is 15.9 Å². The number of hydrogen-bond acceptors (Lipinski definition) is 2. The third-order valence-electron chi connectivity index (χ3n) is 2.70. The second kappa shape index (κ2) is 6.22. The van der Waals surface area contributed by atoms with E-state index in [0.717, 1.165) is 15.7 Å². The number of carbonyl (C=O) groups is 1. The highest BCUT2D eigenvalue weighted by Crippen LogP contribution is 2.21. The molecular weight excluding hydrogens is 318 g/mol. The van der Waals surface area contributed by atoms with Gasteiger partial charge in [-0.3, -0.25) is 0 Å². The van der Waals surface area contributed by atoms with E-state index in [9.17, 15) is 4.79 Å².